The molecule has 28 heavy (non-hydrogen) atoms. The monoisotopic (exact) mass is 393 g/mol. The molecule has 9 nitrogen and oxygen atoms in total. The number of aliphatic hydroxyl groups excluding tert-OH is 1. The highest BCUT2D eigenvalue weighted by Gasteiger charge is 2.43. The summed E-state index contributed by atoms with van der Waals surface area (Å²) in [6.45, 7) is 3.15. The lowest BCUT2D eigenvalue weighted by molar-refractivity contribution is -0.147. The molecule has 154 valence electrons. The van der Waals surface area contributed by atoms with E-state index in [1.54, 1.807) is 25.9 Å². The number of hydrogen-bond donors (Lipinski definition) is 3. The number of carbonyl (C=O) groups excluding carboxylic acids is 3. The lowest BCUT2D eigenvalue weighted by Crippen LogP contribution is -2.49. The van der Waals surface area contributed by atoms with Gasteiger partial charge in [0.15, 0.2) is 0 Å². The van der Waals surface area contributed by atoms with Crippen LogP contribution < -0.4 is 5.32 Å². The summed E-state index contributed by atoms with van der Waals surface area (Å²) in [7, 11) is 3.50. The van der Waals surface area contributed by atoms with Gasteiger partial charge in [-0.3, -0.25) is 24.2 Å². The Kier molecular flexibility index (Phi) is 8.75. The van der Waals surface area contributed by atoms with Crippen molar-refractivity contribution >= 4 is 23.7 Å². The Morgan fingerprint density at radius 3 is 2.18 bits per heavy atom. The number of likely N-dealkylation sites (N-methyl/N-ethyl adjacent to an activating group) is 1. The second kappa shape index (κ2) is 10.5. The molecule has 1 aromatic rings. The molecule has 0 saturated carbocycles. The molecule has 3 amide bonds. The first kappa shape index (κ1) is 23.3. The van der Waals surface area contributed by atoms with Crippen molar-refractivity contribution in [1.29, 1.82) is 0 Å². The van der Waals surface area contributed by atoms with Gasteiger partial charge in [-0.1, -0.05) is 30.3 Å². The van der Waals surface area contributed by atoms with E-state index >= 15 is 0 Å². The first-order valence-electron chi connectivity index (χ1n) is 8.81. The number of carbonyl (C=O) groups is 4. The Balaban J connectivity index is 0.000000568. The predicted octanol–water partition coefficient (Wildman–Crippen LogP) is -0.168. The molecule has 2 rings (SSSR count). The Morgan fingerprint density at radius 1 is 1.21 bits per heavy atom. The van der Waals surface area contributed by atoms with Gasteiger partial charge in [0.05, 0.1) is 12.5 Å². The molecule has 3 N–H and O–H groups in total. The number of benzene rings is 1. The highest BCUT2D eigenvalue weighted by molar-refractivity contribution is 6.08. The van der Waals surface area contributed by atoms with E-state index in [4.69, 9.17) is 10.2 Å². The molecule has 2 unspecified atom stereocenters. The molecule has 1 saturated heterocycles. The molecule has 9 heteroatoms. The van der Waals surface area contributed by atoms with Gasteiger partial charge in [-0.05, 0) is 33.5 Å². The van der Waals surface area contributed by atoms with E-state index in [0.717, 1.165) is 10.5 Å². The third-order valence-corrected chi connectivity index (χ3v) is 4.22. The summed E-state index contributed by atoms with van der Waals surface area (Å²) in [5.41, 5.74) is 0.966. The van der Waals surface area contributed by atoms with E-state index in [0.29, 0.717) is 6.54 Å². The number of nitrogens with zero attached hydrogens (tertiary/aromatic N) is 2. The van der Waals surface area contributed by atoms with Gasteiger partial charge in [0.1, 0.15) is 12.1 Å². The maximum Gasteiger partial charge on any atom is 0.332 e. The molecule has 1 aliphatic heterocycles. The number of aliphatic carboxylic acids is 1. The number of rotatable bonds is 6. The number of likely N-dealkylation sites (tertiary alicyclic amines) is 1. The van der Waals surface area contributed by atoms with Gasteiger partial charge in [-0.2, -0.15) is 0 Å². The smallest absolute Gasteiger partial charge is 0.332 e. The molecule has 3 atom stereocenters. The molecular formula is C19H27N3O6. The van der Waals surface area contributed by atoms with Crippen LogP contribution in [0.1, 0.15) is 25.8 Å². The average molecular weight is 393 g/mol. The summed E-state index contributed by atoms with van der Waals surface area (Å²) in [5, 5.41) is 18.5. The van der Waals surface area contributed by atoms with Gasteiger partial charge in [0.2, 0.25) is 17.7 Å². The van der Waals surface area contributed by atoms with Crippen molar-refractivity contribution in [2.45, 2.75) is 45.0 Å². The van der Waals surface area contributed by atoms with Crippen LogP contribution in [0.2, 0.25) is 0 Å². The molecule has 1 heterocycles. The molecular weight excluding hydrogens is 366 g/mol. The highest BCUT2D eigenvalue weighted by atomic mass is 16.4. The largest absolute Gasteiger partial charge is 0.479 e. The van der Waals surface area contributed by atoms with Crippen molar-refractivity contribution < 1.29 is 29.4 Å². The maximum absolute atomic E-state index is 12.3. The quantitative estimate of drug-likeness (QED) is 0.573. The van der Waals surface area contributed by atoms with Crippen LogP contribution in [-0.4, -0.2) is 76.0 Å². The fraction of sp³-hybridized carbons (Fsp3) is 0.474. The molecule has 0 aliphatic carbocycles. The number of aliphatic hydroxyl groups is 1. The van der Waals surface area contributed by atoms with E-state index < -0.39 is 24.2 Å². The van der Waals surface area contributed by atoms with Crippen molar-refractivity contribution in [1.82, 2.24) is 15.1 Å². The lowest BCUT2D eigenvalue weighted by Gasteiger charge is -2.23. The van der Waals surface area contributed by atoms with Crippen LogP contribution in [0.3, 0.4) is 0 Å². The first-order valence-corrected chi connectivity index (χ1v) is 8.81. The Hall–Kier alpha value is -2.78. The number of imide groups is 1. The van der Waals surface area contributed by atoms with Crippen molar-refractivity contribution in [2.24, 2.45) is 0 Å². The number of nitrogens with one attached hydrogen (secondary N) is 1. The van der Waals surface area contributed by atoms with Crippen molar-refractivity contribution in [2.75, 3.05) is 14.1 Å². The summed E-state index contributed by atoms with van der Waals surface area (Å²) in [5.74, 6) is -2.12. The van der Waals surface area contributed by atoms with Crippen LogP contribution in [0.25, 0.3) is 0 Å². The summed E-state index contributed by atoms with van der Waals surface area (Å²) in [4.78, 5) is 48.7. The minimum absolute atomic E-state index is 0.127. The third kappa shape index (κ3) is 6.43. The molecule has 1 aromatic carbocycles. The van der Waals surface area contributed by atoms with E-state index in [-0.39, 0.29) is 24.1 Å². The zero-order valence-corrected chi connectivity index (χ0v) is 16.5. The molecule has 0 radical (unpaired) electrons. The van der Waals surface area contributed by atoms with Crippen molar-refractivity contribution in [3.63, 3.8) is 0 Å². The van der Waals surface area contributed by atoms with Crippen LogP contribution in [-0.2, 0) is 25.7 Å². The van der Waals surface area contributed by atoms with Gasteiger partial charge in [-0.25, -0.2) is 4.79 Å². The van der Waals surface area contributed by atoms with E-state index in [1.807, 2.05) is 30.3 Å². The van der Waals surface area contributed by atoms with Gasteiger partial charge in [-0.15, -0.1) is 0 Å². The molecule has 0 bridgehead atoms. The lowest BCUT2D eigenvalue weighted by atomic mass is 10.2. The van der Waals surface area contributed by atoms with Crippen LogP contribution >= 0.6 is 0 Å². The topological polar surface area (TPSA) is 127 Å². The summed E-state index contributed by atoms with van der Waals surface area (Å²) >= 11 is 0. The fourth-order valence-electron chi connectivity index (χ4n) is 2.49. The zero-order valence-electron chi connectivity index (χ0n) is 16.5. The van der Waals surface area contributed by atoms with Gasteiger partial charge < -0.3 is 15.5 Å². The summed E-state index contributed by atoms with van der Waals surface area (Å²) < 4.78 is 0. The zero-order chi connectivity index (χ0) is 21.4. The average Bonchev–Trinajstić information content (AvgIpc) is 2.95. The van der Waals surface area contributed by atoms with Gasteiger partial charge in [0, 0.05) is 6.54 Å². The van der Waals surface area contributed by atoms with Crippen LogP contribution in [0.5, 0.6) is 0 Å². The number of carboxylic acids is 1. The van der Waals surface area contributed by atoms with E-state index in [2.05, 4.69) is 5.32 Å². The highest BCUT2D eigenvalue weighted by Crippen LogP contribution is 2.19. The van der Waals surface area contributed by atoms with E-state index in [9.17, 15) is 19.2 Å². The summed E-state index contributed by atoms with van der Waals surface area (Å²) in [6, 6.07) is 8.21. The van der Waals surface area contributed by atoms with Crippen LogP contribution in [0.15, 0.2) is 30.3 Å². The standard InChI is InChI=1S/C16H21N3O3.C3H6O3/c1-11(15(21)17-10-12-7-5-4-6-8-12)19-14(20)9-13(16(19)22)18(2)3;1-2(4)3(5)6/h4-8,11,13H,9-10H2,1-3H3,(H,17,21);2,4H,1H3,(H,5,6)/t11-,13?;/m1./s1. The minimum Gasteiger partial charge on any atom is -0.479 e. The maximum atomic E-state index is 12.3. The predicted molar refractivity (Wildman–Crippen MR) is 101 cm³/mol. The second-order valence-corrected chi connectivity index (χ2v) is 6.68. The molecule has 1 aliphatic rings. The van der Waals surface area contributed by atoms with E-state index in [1.165, 1.54) is 6.92 Å². The van der Waals surface area contributed by atoms with Crippen LogP contribution in [0, 0.1) is 0 Å². The minimum atomic E-state index is -1.23. The van der Waals surface area contributed by atoms with Gasteiger partial charge in [0.25, 0.3) is 0 Å². The molecule has 0 spiro atoms. The second-order valence-electron chi connectivity index (χ2n) is 6.68. The first-order chi connectivity index (χ1) is 13.1. The number of amides is 3. The van der Waals surface area contributed by atoms with Gasteiger partial charge >= 0.3 is 5.97 Å². The van der Waals surface area contributed by atoms with Crippen molar-refractivity contribution in [3.05, 3.63) is 35.9 Å². The normalized spacial score (nSPS) is 18.4. The summed E-state index contributed by atoms with van der Waals surface area (Å²) in [6.07, 6.45) is -1.10. The Labute approximate surface area is 163 Å². The molecule has 0 aromatic heterocycles. The van der Waals surface area contributed by atoms with Crippen LogP contribution in [0.4, 0.5) is 0 Å². The fourth-order valence-corrected chi connectivity index (χ4v) is 2.49. The number of hydrogen-bond acceptors (Lipinski definition) is 6. The van der Waals surface area contributed by atoms with Crippen molar-refractivity contribution in [3.8, 4) is 0 Å². The Morgan fingerprint density at radius 2 is 1.75 bits per heavy atom. The third-order valence-electron chi connectivity index (χ3n) is 4.22. The Bertz CT molecular complexity index is 705. The molecule has 1 fully saturated rings. The SMILES string of the molecule is CC(O)C(=O)O.C[C@H](C(=O)NCc1ccccc1)N1C(=O)CC(N(C)C)C1=O. The number of carboxylic acid groups (broad SMARTS) is 1.